The van der Waals surface area contributed by atoms with Gasteiger partial charge in [-0.3, -0.25) is 4.79 Å². The molecule has 0 unspecified atom stereocenters. The number of rotatable bonds is 8. The largest absolute Gasteiger partial charge is 0.463 e. The lowest BCUT2D eigenvalue weighted by Crippen LogP contribution is -2.26. The Morgan fingerprint density at radius 2 is 1.90 bits per heavy atom. The van der Waals surface area contributed by atoms with Gasteiger partial charge in [-0.1, -0.05) is 12.8 Å². The number of hydrogen-bond acceptors (Lipinski definition) is 5. The normalized spacial score (nSPS) is 26.4. The molecule has 0 aliphatic carbocycles. The standard InChI is InChI=1S/C15H28O5/c1-11(18-12(2)17)8-6-5-7-9-13-14(10-16)20-15(3,4)19-13/h11,13-14,16H,5-10H2,1-4H3/t11-,13+,14-/m0/s1. The Morgan fingerprint density at radius 3 is 2.50 bits per heavy atom. The van der Waals surface area contributed by atoms with Crippen LogP contribution in [0.25, 0.3) is 0 Å². The number of aliphatic hydroxyl groups excluding tert-OH is 1. The van der Waals surface area contributed by atoms with E-state index in [1.165, 1.54) is 6.92 Å². The van der Waals surface area contributed by atoms with Gasteiger partial charge in [0.15, 0.2) is 5.79 Å². The molecule has 118 valence electrons. The van der Waals surface area contributed by atoms with Crippen LogP contribution in [0, 0.1) is 0 Å². The van der Waals surface area contributed by atoms with Crippen molar-refractivity contribution in [2.24, 2.45) is 0 Å². The molecule has 0 radical (unpaired) electrons. The molecule has 0 bridgehead atoms. The number of esters is 1. The van der Waals surface area contributed by atoms with Gasteiger partial charge < -0.3 is 19.3 Å². The molecule has 5 heteroatoms. The van der Waals surface area contributed by atoms with Crippen LogP contribution in [0.1, 0.15) is 59.8 Å². The Balaban J connectivity index is 2.13. The predicted molar refractivity (Wildman–Crippen MR) is 75.2 cm³/mol. The predicted octanol–water partition coefficient (Wildman–Crippen LogP) is 2.40. The molecule has 0 aromatic carbocycles. The summed E-state index contributed by atoms with van der Waals surface area (Å²) in [6, 6.07) is 0. The van der Waals surface area contributed by atoms with E-state index in [1.54, 1.807) is 0 Å². The van der Waals surface area contributed by atoms with Crippen molar-refractivity contribution >= 4 is 5.97 Å². The Kier molecular flexibility index (Phi) is 6.92. The van der Waals surface area contributed by atoms with Crippen molar-refractivity contribution in [3.05, 3.63) is 0 Å². The van der Waals surface area contributed by atoms with Gasteiger partial charge in [-0.2, -0.15) is 0 Å². The van der Waals surface area contributed by atoms with Crippen LogP contribution in [0.15, 0.2) is 0 Å². The van der Waals surface area contributed by atoms with Crippen LogP contribution in [0.5, 0.6) is 0 Å². The summed E-state index contributed by atoms with van der Waals surface area (Å²) in [5.74, 6) is -0.816. The van der Waals surface area contributed by atoms with Crippen LogP contribution < -0.4 is 0 Å². The van der Waals surface area contributed by atoms with Crippen LogP contribution in [0.3, 0.4) is 0 Å². The van der Waals surface area contributed by atoms with Gasteiger partial charge in [0, 0.05) is 6.92 Å². The molecule has 0 aromatic heterocycles. The second kappa shape index (κ2) is 7.96. The van der Waals surface area contributed by atoms with E-state index in [4.69, 9.17) is 14.2 Å². The van der Waals surface area contributed by atoms with Crippen LogP contribution >= 0.6 is 0 Å². The topological polar surface area (TPSA) is 65.0 Å². The average molecular weight is 288 g/mol. The minimum atomic E-state index is -0.595. The molecule has 1 rings (SSSR count). The molecule has 5 nitrogen and oxygen atoms in total. The summed E-state index contributed by atoms with van der Waals surface area (Å²) in [6.45, 7) is 7.09. The van der Waals surface area contributed by atoms with Crippen molar-refractivity contribution in [2.45, 2.75) is 83.9 Å². The summed E-state index contributed by atoms with van der Waals surface area (Å²) >= 11 is 0. The molecule has 1 heterocycles. The first kappa shape index (κ1) is 17.4. The fraction of sp³-hybridized carbons (Fsp3) is 0.933. The smallest absolute Gasteiger partial charge is 0.302 e. The van der Waals surface area contributed by atoms with E-state index in [2.05, 4.69) is 0 Å². The minimum absolute atomic E-state index is 0.00240. The lowest BCUT2D eigenvalue weighted by atomic mass is 10.0. The van der Waals surface area contributed by atoms with Gasteiger partial charge in [-0.25, -0.2) is 0 Å². The molecule has 0 amide bonds. The maximum Gasteiger partial charge on any atom is 0.302 e. The second-order valence-electron chi connectivity index (χ2n) is 5.95. The summed E-state index contributed by atoms with van der Waals surface area (Å²) in [5, 5.41) is 9.27. The fourth-order valence-electron chi connectivity index (χ4n) is 2.60. The molecule has 1 aliphatic rings. The third kappa shape index (κ3) is 6.20. The fourth-order valence-corrected chi connectivity index (χ4v) is 2.60. The van der Waals surface area contributed by atoms with Gasteiger partial charge in [-0.15, -0.1) is 0 Å². The van der Waals surface area contributed by atoms with Gasteiger partial charge in [-0.05, 0) is 40.0 Å². The molecule has 1 saturated heterocycles. The van der Waals surface area contributed by atoms with E-state index in [-0.39, 0.29) is 30.9 Å². The summed E-state index contributed by atoms with van der Waals surface area (Å²) in [5.41, 5.74) is 0. The molecule has 1 fully saturated rings. The number of aliphatic hydroxyl groups is 1. The van der Waals surface area contributed by atoms with E-state index in [0.29, 0.717) is 0 Å². The van der Waals surface area contributed by atoms with E-state index < -0.39 is 5.79 Å². The van der Waals surface area contributed by atoms with Crippen molar-refractivity contribution in [1.82, 2.24) is 0 Å². The summed E-state index contributed by atoms with van der Waals surface area (Å²) in [6.07, 6.45) is 4.62. The number of unbranched alkanes of at least 4 members (excludes halogenated alkanes) is 2. The molecule has 0 saturated carbocycles. The molecule has 20 heavy (non-hydrogen) atoms. The monoisotopic (exact) mass is 288 g/mol. The van der Waals surface area contributed by atoms with Gasteiger partial charge in [0.25, 0.3) is 0 Å². The highest BCUT2D eigenvalue weighted by atomic mass is 16.8. The van der Waals surface area contributed by atoms with Crippen LogP contribution in [-0.2, 0) is 19.0 Å². The lowest BCUT2D eigenvalue weighted by Gasteiger charge is -2.17. The van der Waals surface area contributed by atoms with E-state index >= 15 is 0 Å². The third-order valence-corrected chi connectivity index (χ3v) is 3.43. The summed E-state index contributed by atoms with van der Waals surface area (Å²) in [4.78, 5) is 10.8. The van der Waals surface area contributed by atoms with Crippen molar-refractivity contribution in [1.29, 1.82) is 0 Å². The second-order valence-corrected chi connectivity index (χ2v) is 5.95. The molecular weight excluding hydrogens is 260 g/mol. The van der Waals surface area contributed by atoms with Crippen molar-refractivity contribution in [2.75, 3.05) is 6.61 Å². The summed E-state index contributed by atoms with van der Waals surface area (Å²) < 4.78 is 16.5. The Labute approximate surface area is 121 Å². The Bertz CT molecular complexity index is 303. The average Bonchev–Trinajstić information content (AvgIpc) is 2.62. The highest BCUT2D eigenvalue weighted by Crippen LogP contribution is 2.30. The molecule has 0 aromatic rings. The zero-order valence-electron chi connectivity index (χ0n) is 13.1. The highest BCUT2D eigenvalue weighted by molar-refractivity contribution is 5.66. The molecule has 3 atom stereocenters. The van der Waals surface area contributed by atoms with Crippen LogP contribution in [0.4, 0.5) is 0 Å². The Hall–Kier alpha value is -0.650. The third-order valence-electron chi connectivity index (χ3n) is 3.43. The molecule has 1 aliphatic heterocycles. The van der Waals surface area contributed by atoms with Gasteiger partial charge in [0.05, 0.1) is 18.8 Å². The van der Waals surface area contributed by atoms with Crippen molar-refractivity contribution < 1.29 is 24.1 Å². The maximum absolute atomic E-state index is 10.8. The molecular formula is C15H28O5. The van der Waals surface area contributed by atoms with Gasteiger partial charge in [0.1, 0.15) is 6.10 Å². The summed E-state index contributed by atoms with van der Waals surface area (Å²) in [7, 11) is 0. The number of ether oxygens (including phenoxy) is 3. The first-order chi connectivity index (χ1) is 9.34. The van der Waals surface area contributed by atoms with Gasteiger partial charge >= 0.3 is 5.97 Å². The van der Waals surface area contributed by atoms with E-state index in [1.807, 2.05) is 20.8 Å². The van der Waals surface area contributed by atoms with E-state index in [9.17, 15) is 9.90 Å². The first-order valence-corrected chi connectivity index (χ1v) is 7.48. The van der Waals surface area contributed by atoms with E-state index in [0.717, 1.165) is 32.1 Å². The van der Waals surface area contributed by atoms with Crippen molar-refractivity contribution in [3.8, 4) is 0 Å². The number of carbonyl (C=O) groups is 1. The lowest BCUT2D eigenvalue weighted by molar-refractivity contribution is -0.149. The quantitative estimate of drug-likeness (QED) is 0.549. The maximum atomic E-state index is 10.8. The molecule has 0 spiro atoms. The number of carbonyl (C=O) groups excluding carboxylic acids is 1. The zero-order chi connectivity index (χ0) is 15.2. The number of hydrogen-bond donors (Lipinski definition) is 1. The highest BCUT2D eigenvalue weighted by Gasteiger charge is 2.40. The SMILES string of the molecule is CC(=O)O[C@@H](C)CCCCC[C@H]1OC(C)(C)O[C@H]1CO. The molecule has 1 N–H and O–H groups in total. The van der Waals surface area contributed by atoms with Gasteiger partial charge in [0.2, 0.25) is 0 Å². The van der Waals surface area contributed by atoms with Crippen molar-refractivity contribution in [3.63, 3.8) is 0 Å². The van der Waals surface area contributed by atoms with Crippen LogP contribution in [-0.4, -0.2) is 41.8 Å². The first-order valence-electron chi connectivity index (χ1n) is 7.48. The Morgan fingerprint density at radius 1 is 1.25 bits per heavy atom. The zero-order valence-corrected chi connectivity index (χ0v) is 13.1. The minimum Gasteiger partial charge on any atom is -0.463 e. The van der Waals surface area contributed by atoms with Crippen LogP contribution in [0.2, 0.25) is 0 Å².